The van der Waals surface area contributed by atoms with Crippen LogP contribution in [0.25, 0.3) is 0 Å². The molecule has 2 N–H and O–H groups in total. The Labute approximate surface area is 147 Å². The minimum atomic E-state index is -0.113. The van der Waals surface area contributed by atoms with Crippen LogP contribution < -0.4 is 10.6 Å². The van der Waals surface area contributed by atoms with Gasteiger partial charge in [-0.15, -0.1) is 12.4 Å². The van der Waals surface area contributed by atoms with Crippen molar-refractivity contribution in [3.8, 4) is 0 Å². The molecular weight excluding hydrogens is 337 g/mol. The highest BCUT2D eigenvalue weighted by atomic mass is 35.5. The number of carbonyl (C=O) groups excluding carboxylic acids is 2. The molecule has 2 saturated heterocycles. The number of benzene rings is 1. The summed E-state index contributed by atoms with van der Waals surface area (Å²) in [5, 5.41) is 6.81. The van der Waals surface area contributed by atoms with E-state index in [0.29, 0.717) is 31.0 Å². The van der Waals surface area contributed by atoms with Gasteiger partial charge in [0.1, 0.15) is 0 Å². The van der Waals surface area contributed by atoms with Crippen molar-refractivity contribution in [1.82, 2.24) is 15.5 Å². The first-order chi connectivity index (χ1) is 10.6. The summed E-state index contributed by atoms with van der Waals surface area (Å²) in [6.07, 6.45) is 1.07. The number of amides is 2. The van der Waals surface area contributed by atoms with Crippen LogP contribution in [0, 0.1) is 5.92 Å². The monoisotopic (exact) mass is 357 g/mol. The number of piperidine rings is 1. The Morgan fingerprint density at radius 3 is 2.83 bits per heavy atom. The van der Waals surface area contributed by atoms with E-state index < -0.39 is 0 Å². The summed E-state index contributed by atoms with van der Waals surface area (Å²) in [6, 6.07) is 7.67. The number of hydrogen-bond acceptors (Lipinski definition) is 3. The van der Waals surface area contributed by atoms with Crippen LogP contribution in [-0.2, 0) is 9.59 Å². The van der Waals surface area contributed by atoms with Crippen LogP contribution in [0.1, 0.15) is 24.4 Å². The quantitative estimate of drug-likeness (QED) is 0.847. The second-order valence-corrected chi connectivity index (χ2v) is 6.28. The molecule has 0 bridgehead atoms. The van der Waals surface area contributed by atoms with Crippen molar-refractivity contribution in [2.75, 3.05) is 26.2 Å². The minimum absolute atomic E-state index is 0. The third kappa shape index (κ3) is 4.16. The molecule has 2 aliphatic heterocycles. The van der Waals surface area contributed by atoms with E-state index in [-0.39, 0.29) is 36.2 Å². The Balaban J connectivity index is 0.00000192. The van der Waals surface area contributed by atoms with E-state index in [1.54, 1.807) is 0 Å². The van der Waals surface area contributed by atoms with E-state index in [9.17, 15) is 9.59 Å². The average molecular weight is 358 g/mol. The summed E-state index contributed by atoms with van der Waals surface area (Å²) in [5.74, 6) is 0.0553. The lowest BCUT2D eigenvalue weighted by atomic mass is 9.95. The molecule has 3 rings (SSSR count). The molecule has 2 atom stereocenters. The van der Waals surface area contributed by atoms with Gasteiger partial charge in [-0.3, -0.25) is 9.59 Å². The fraction of sp³-hybridized carbons (Fsp3) is 0.500. The molecule has 1 aromatic carbocycles. The van der Waals surface area contributed by atoms with E-state index in [2.05, 4.69) is 10.6 Å². The predicted octanol–water partition coefficient (Wildman–Crippen LogP) is 1.76. The van der Waals surface area contributed by atoms with E-state index in [1.165, 1.54) is 0 Å². The zero-order valence-corrected chi connectivity index (χ0v) is 14.3. The number of hydrogen-bond donors (Lipinski definition) is 2. The molecule has 0 aromatic heterocycles. The highest BCUT2D eigenvalue weighted by Gasteiger charge is 2.34. The molecule has 0 radical (unpaired) electrons. The number of nitrogens with zero attached hydrogens (tertiary/aromatic N) is 1. The van der Waals surface area contributed by atoms with Crippen LogP contribution in [0.2, 0.25) is 5.02 Å². The zero-order chi connectivity index (χ0) is 15.5. The van der Waals surface area contributed by atoms with Gasteiger partial charge in [0.2, 0.25) is 11.8 Å². The Morgan fingerprint density at radius 1 is 1.30 bits per heavy atom. The van der Waals surface area contributed by atoms with Gasteiger partial charge in [0.15, 0.2) is 0 Å². The Hall–Kier alpha value is -1.30. The van der Waals surface area contributed by atoms with E-state index in [0.717, 1.165) is 18.7 Å². The standard InChI is InChI=1S/C16H20ClN3O2.ClH/c17-13-3-1-2-11(8-13)14-10-18-6-7-20(14)16(22)12-4-5-15(21)19-9-12;/h1-3,8,12,14,18H,4-7,9-10H2,(H,19,21);1H. The average Bonchev–Trinajstić information content (AvgIpc) is 2.55. The topological polar surface area (TPSA) is 61.4 Å². The molecule has 7 heteroatoms. The Kier molecular flexibility index (Phi) is 6.27. The van der Waals surface area contributed by atoms with Crippen molar-refractivity contribution in [2.24, 2.45) is 5.92 Å². The molecule has 2 aliphatic rings. The van der Waals surface area contributed by atoms with Gasteiger partial charge in [-0.1, -0.05) is 23.7 Å². The maximum absolute atomic E-state index is 12.8. The van der Waals surface area contributed by atoms with Crippen LogP contribution >= 0.6 is 24.0 Å². The van der Waals surface area contributed by atoms with Gasteiger partial charge in [0, 0.05) is 37.6 Å². The van der Waals surface area contributed by atoms with Crippen molar-refractivity contribution in [3.05, 3.63) is 34.9 Å². The summed E-state index contributed by atoms with van der Waals surface area (Å²) in [6.45, 7) is 2.65. The summed E-state index contributed by atoms with van der Waals surface area (Å²) >= 11 is 6.08. The summed E-state index contributed by atoms with van der Waals surface area (Å²) in [4.78, 5) is 26.0. The molecule has 1 aromatic rings. The van der Waals surface area contributed by atoms with Gasteiger partial charge in [0.05, 0.1) is 12.0 Å². The van der Waals surface area contributed by atoms with Gasteiger partial charge in [0.25, 0.3) is 0 Å². The van der Waals surface area contributed by atoms with Crippen LogP contribution in [-0.4, -0.2) is 42.9 Å². The molecule has 2 unspecified atom stereocenters. The number of rotatable bonds is 2. The van der Waals surface area contributed by atoms with Gasteiger partial charge >= 0.3 is 0 Å². The van der Waals surface area contributed by atoms with Gasteiger partial charge in [-0.05, 0) is 24.1 Å². The van der Waals surface area contributed by atoms with Crippen LogP contribution in [0.15, 0.2) is 24.3 Å². The molecule has 2 heterocycles. The third-order valence-corrected chi connectivity index (χ3v) is 4.61. The van der Waals surface area contributed by atoms with E-state index >= 15 is 0 Å². The van der Waals surface area contributed by atoms with Gasteiger partial charge in [-0.25, -0.2) is 0 Å². The molecule has 126 valence electrons. The maximum Gasteiger partial charge on any atom is 0.228 e. The lowest BCUT2D eigenvalue weighted by Gasteiger charge is -2.39. The fourth-order valence-electron chi connectivity index (χ4n) is 3.16. The largest absolute Gasteiger partial charge is 0.355 e. The van der Waals surface area contributed by atoms with E-state index in [1.807, 2.05) is 29.2 Å². The number of piperazine rings is 1. The number of halogens is 2. The molecular formula is C16H21Cl2N3O2. The van der Waals surface area contributed by atoms with Crippen LogP contribution in [0.5, 0.6) is 0 Å². The summed E-state index contributed by atoms with van der Waals surface area (Å²) < 4.78 is 0. The molecule has 5 nitrogen and oxygen atoms in total. The smallest absolute Gasteiger partial charge is 0.228 e. The summed E-state index contributed by atoms with van der Waals surface area (Å²) in [7, 11) is 0. The SMILES string of the molecule is Cl.O=C1CCC(C(=O)N2CCNCC2c2cccc(Cl)c2)CN1. The van der Waals surface area contributed by atoms with Crippen LogP contribution in [0.4, 0.5) is 0 Å². The van der Waals surface area contributed by atoms with Crippen LogP contribution in [0.3, 0.4) is 0 Å². The van der Waals surface area contributed by atoms with Crippen molar-refractivity contribution in [2.45, 2.75) is 18.9 Å². The van der Waals surface area contributed by atoms with Gasteiger partial charge < -0.3 is 15.5 Å². The molecule has 23 heavy (non-hydrogen) atoms. The Bertz CT molecular complexity index is 572. The minimum Gasteiger partial charge on any atom is -0.355 e. The second-order valence-electron chi connectivity index (χ2n) is 5.85. The highest BCUT2D eigenvalue weighted by molar-refractivity contribution is 6.30. The first-order valence-corrected chi connectivity index (χ1v) is 8.06. The van der Waals surface area contributed by atoms with E-state index in [4.69, 9.17) is 11.6 Å². The van der Waals surface area contributed by atoms with Crippen molar-refractivity contribution in [3.63, 3.8) is 0 Å². The Morgan fingerprint density at radius 2 is 2.13 bits per heavy atom. The predicted molar refractivity (Wildman–Crippen MR) is 91.8 cm³/mol. The lowest BCUT2D eigenvalue weighted by Crippen LogP contribution is -2.52. The van der Waals surface area contributed by atoms with Gasteiger partial charge in [-0.2, -0.15) is 0 Å². The fourth-order valence-corrected chi connectivity index (χ4v) is 3.36. The molecule has 2 fully saturated rings. The lowest BCUT2D eigenvalue weighted by molar-refractivity contribution is -0.140. The summed E-state index contributed by atoms with van der Waals surface area (Å²) in [5.41, 5.74) is 1.05. The first kappa shape index (κ1) is 18.0. The zero-order valence-electron chi connectivity index (χ0n) is 12.8. The molecule has 0 saturated carbocycles. The maximum atomic E-state index is 12.8. The van der Waals surface area contributed by atoms with Crippen molar-refractivity contribution >= 4 is 35.8 Å². The second kappa shape index (κ2) is 7.99. The third-order valence-electron chi connectivity index (χ3n) is 4.37. The first-order valence-electron chi connectivity index (χ1n) is 7.68. The number of nitrogens with one attached hydrogen (secondary N) is 2. The van der Waals surface area contributed by atoms with Crippen molar-refractivity contribution < 1.29 is 9.59 Å². The normalized spacial score (nSPS) is 24.6. The molecule has 0 spiro atoms. The molecule has 2 amide bonds. The highest BCUT2D eigenvalue weighted by Crippen LogP contribution is 2.27. The van der Waals surface area contributed by atoms with Crippen molar-refractivity contribution in [1.29, 1.82) is 0 Å². The molecule has 0 aliphatic carbocycles. The number of carbonyl (C=O) groups is 2.